The molecule has 0 heterocycles. The van der Waals surface area contributed by atoms with E-state index in [0.717, 1.165) is 19.3 Å². The van der Waals surface area contributed by atoms with E-state index in [9.17, 15) is 4.79 Å². The Balaban J connectivity index is 4.16. The molecule has 0 aliphatic heterocycles. The molecule has 0 aliphatic carbocycles. The first-order valence-electron chi connectivity index (χ1n) is 4.17. The predicted octanol–water partition coefficient (Wildman–Crippen LogP) is 1.62. The molecule has 0 rings (SSSR count). The van der Waals surface area contributed by atoms with Gasteiger partial charge in [0.05, 0.1) is 0 Å². The maximum Gasteiger partial charge on any atom is 0.312 e. The molecule has 0 radical (unpaired) electrons. The number of nitrogens with two attached hydrogens (primary N) is 1. The third-order valence-corrected chi connectivity index (χ3v) is 2.42. The van der Waals surface area contributed by atoms with Crippen LogP contribution in [-0.2, 0) is 0 Å². The van der Waals surface area contributed by atoms with Crippen molar-refractivity contribution in [1.82, 2.24) is 5.32 Å². The smallest absolute Gasteiger partial charge is 0.312 e. The first-order valence-corrected chi connectivity index (χ1v) is 4.17. The van der Waals surface area contributed by atoms with Gasteiger partial charge in [-0.05, 0) is 19.3 Å². The van der Waals surface area contributed by atoms with Crippen LogP contribution in [0.3, 0.4) is 0 Å². The van der Waals surface area contributed by atoms with Crippen LogP contribution in [0, 0.1) is 0 Å². The molecule has 3 heteroatoms. The minimum atomic E-state index is -0.421. The van der Waals surface area contributed by atoms with Crippen LogP contribution < -0.4 is 11.1 Å². The van der Waals surface area contributed by atoms with Crippen molar-refractivity contribution in [3.8, 4) is 0 Å². The van der Waals surface area contributed by atoms with Gasteiger partial charge in [-0.2, -0.15) is 0 Å². The van der Waals surface area contributed by atoms with E-state index in [1.165, 1.54) is 0 Å². The summed E-state index contributed by atoms with van der Waals surface area (Å²) in [7, 11) is 0. The third kappa shape index (κ3) is 2.78. The summed E-state index contributed by atoms with van der Waals surface area (Å²) in [5, 5.41) is 2.78. The Labute approximate surface area is 68.3 Å². The van der Waals surface area contributed by atoms with Gasteiger partial charge >= 0.3 is 6.03 Å². The highest BCUT2D eigenvalue weighted by Crippen LogP contribution is 2.18. The summed E-state index contributed by atoms with van der Waals surface area (Å²) in [5.41, 5.74) is 4.98. The molecule has 0 aromatic rings. The lowest BCUT2D eigenvalue weighted by atomic mass is 9.90. The standard InChI is InChI=1S/C8H18N2O/c1-4-8(5-2,6-3)10-7(9)11/h4-6H2,1-3H3,(H3,9,10,11). The quantitative estimate of drug-likeness (QED) is 0.641. The molecule has 0 aromatic carbocycles. The Bertz CT molecular complexity index is 122. The SMILES string of the molecule is CCC(CC)(CC)NC(N)=O. The number of carbonyl (C=O) groups excluding carboxylic acids is 1. The second-order valence-corrected chi connectivity index (χ2v) is 2.83. The summed E-state index contributed by atoms with van der Waals surface area (Å²) in [5.74, 6) is 0. The lowest BCUT2D eigenvalue weighted by Gasteiger charge is -2.30. The highest BCUT2D eigenvalue weighted by molar-refractivity contribution is 5.72. The van der Waals surface area contributed by atoms with Gasteiger partial charge in [-0.25, -0.2) is 4.79 Å². The number of carbonyl (C=O) groups is 1. The van der Waals surface area contributed by atoms with Crippen molar-refractivity contribution in [1.29, 1.82) is 0 Å². The van der Waals surface area contributed by atoms with E-state index >= 15 is 0 Å². The van der Waals surface area contributed by atoms with Crippen molar-refractivity contribution in [2.75, 3.05) is 0 Å². The maximum atomic E-state index is 10.6. The van der Waals surface area contributed by atoms with Gasteiger partial charge < -0.3 is 11.1 Å². The van der Waals surface area contributed by atoms with Crippen molar-refractivity contribution in [3.05, 3.63) is 0 Å². The van der Waals surface area contributed by atoms with Crippen LogP contribution in [0.15, 0.2) is 0 Å². The van der Waals surface area contributed by atoms with Gasteiger partial charge in [0.1, 0.15) is 0 Å². The summed E-state index contributed by atoms with van der Waals surface area (Å²) in [4.78, 5) is 10.6. The second-order valence-electron chi connectivity index (χ2n) is 2.83. The summed E-state index contributed by atoms with van der Waals surface area (Å²) in [6.07, 6.45) is 2.80. The fraction of sp³-hybridized carbons (Fsp3) is 0.875. The van der Waals surface area contributed by atoms with Gasteiger partial charge in [-0.15, -0.1) is 0 Å². The van der Waals surface area contributed by atoms with Crippen molar-refractivity contribution in [2.45, 2.75) is 45.6 Å². The van der Waals surface area contributed by atoms with Crippen LogP contribution >= 0.6 is 0 Å². The van der Waals surface area contributed by atoms with Crippen molar-refractivity contribution >= 4 is 6.03 Å². The minimum Gasteiger partial charge on any atom is -0.352 e. The van der Waals surface area contributed by atoms with Gasteiger partial charge in [-0.3, -0.25) is 0 Å². The van der Waals surface area contributed by atoms with E-state index in [0.29, 0.717) is 0 Å². The van der Waals surface area contributed by atoms with Crippen LogP contribution in [0.25, 0.3) is 0 Å². The molecule has 0 atom stereocenters. The number of urea groups is 1. The highest BCUT2D eigenvalue weighted by Gasteiger charge is 2.24. The van der Waals surface area contributed by atoms with Crippen molar-refractivity contribution < 1.29 is 4.79 Å². The Hall–Kier alpha value is -0.730. The Kier molecular flexibility index (Phi) is 3.93. The van der Waals surface area contributed by atoms with Gasteiger partial charge in [-0.1, -0.05) is 20.8 Å². The molecule has 0 fully saturated rings. The average molecular weight is 158 g/mol. The van der Waals surface area contributed by atoms with E-state index in [1.54, 1.807) is 0 Å². The predicted molar refractivity (Wildman–Crippen MR) is 46.3 cm³/mol. The van der Waals surface area contributed by atoms with Crippen LogP contribution in [0.1, 0.15) is 40.0 Å². The number of hydrogen-bond acceptors (Lipinski definition) is 1. The molecule has 0 saturated carbocycles. The van der Waals surface area contributed by atoms with Gasteiger partial charge in [0, 0.05) is 5.54 Å². The van der Waals surface area contributed by atoms with E-state index < -0.39 is 6.03 Å². The van der Waals surface area contributed by atoms with Crippen LogP contribution in [-0.4, -0.2) is 11.6 Å². The monoisotopic (exact) mass is 158 g/mol. The third-order valence-electron chi connectivity index (χ3n) is 2.42. The van der Waals surface area contributed by atoms with E-state index in [2.05, 4.69) is 26.1 Å². The molecule has 0 aromatic heterocycles. The molecular formula is C8H18N2O. The zero-order valence-corrected chi connectivity index (χ0v) is 7.61. The molecule has 0 bridgehead atoms. The van der Waals surface area contributed by atoms with E-state index in [-0.39, 0.29) is 5.54 Å². The first-order chi connectivity index (χ1) is 5.10. The summed E-state index contributed by atoms with van der Waals surface area (Å²) >= 11 is 0. The zero-order valence-electron chi connectivity index (χ0n) is 7.61. The van der Waals surface area contributed by atoms with E-state index in [4.69, 9.17) is 5.73 Å². The molecule has 0 unspecified atom stereocenters. The van der Waals surface area contributed by atoms with Crippen LogP contribution in [0.5, 0.6) is 0 Å². The second kappa shape index (κ2) is 4.21. The molecule has 11 heavy (non-hydrogen) atoms. The minimum absolute atomic E-state index is 0.0775. The Morgan fingerprint density at radius 1 is 1.27 bits per heavy atom. The summed E-state index contributed by atoms with van der Waals surface area (Å²) < 4.78 is 0. The van der Waals surface area contributed by atoms with Crippen molar-refractivity contribution in [2.24, 2.45) is 5.73 Å². The number of nitrogens with one attached hydrogen (secondary N) is 1. The van der Waals surface area contributed by atoms with Crippen LogP contribution in [0.4, 0.5) is 4.79 Å². The normalized spacial score (nSPS) is 11.2. The fourth-order valence-electron chi connectivity index (χ4n) is 1.28. The number of rotatable bonds is 4. The van der Waals surface area contributed by atoms with Gasteiger partial charge in [0.15, 0.2) is 0 Å². The molecule has 2 amide bonds. The molecule has 0 spiro atoms. The van der Waals surface area contributed by atoms with Crippen molar-refractivity contribution in [3.63, 3.8) is 0 Å². The summed E-state index contributed by atoms with van der Waals surface area (Å²) in [6.45, 7) is 6.18. The maximum absolute atomic E-state index is 10.6. The molecule has 0 aliphatic rings. The Morgan fingerprint density at radius 3 is 1.73 bits per heavy atom. The fourth-order valence-corrected chi connectivity index (χ4v) is 1.28. The van der Waals surface area contributed by atoms with Gasteiger partial charge in [0.25, 0.3) is 0 Å². The molecule has 66 valence electrons. The largest absolute Gasteiger partial charge is 0.352 e. The topological polar surface area (TPSA) is 55.1 Å². The number of primary amides is 1. The highest BCUT2D eigenvalue weighted by atomic mass is 16.2. The molecule has 0 saturated heterocycles. The first kappa shape index (κ1) is 10.3. The number of hydrogen-bond donors (Lipinski definition) is 2. The average Bonchev–Trinajstić information content (AvgIpc) is 2.00. The summed E-state index contributed by atoms with van der Waals surface area (Å²) in [6, 6.07) is -0.421. The lowest BCUT2D eigenvalue weighted by molar-refractivity contribution is 0.226. The van der Waals surface area contributed by atoms with E-state index in [1.807, 2.05) is 0 Å². The lowest BCUT2D eigenvalue weighted by Crippen LogP contribution is -2.49. The van der Waals surface area contributed by atoms with Crippen LogP contribution in [0.2, 0.25) is 0 Å². The zero-order chi connectivity index (χ0) is 8.91. The Morgan fingerprint density at radius 2 is 1.64 bits per heavy atom. The molecule has 3 N–H and O–H groups in total. The number of amides is 2. The molecular weight excluding hydrogens is 140 g/mol. The van der Waals surface area contributed by atoms with Gasteiger partial charge in [0.2, 0.25) is 0 Å². The molecule has 3 nitrogen and oxygen atoms in total.